The number of benzene rings is 3. The molecule has 9 heteroatoms. The molecule has 0 saturated heterocycles. The van der Waals surface area contributed by atoms with E-state index in [4.69, 9.17) is 9.47 Å². The highest BCUT2D eigenvalue weighted by atomic mass is 32.2. The van der Waals surface area contributed by atoms with E-state index in [0.29, 0.717) is 30.2 Å². The number of sulfonamides is 1. The van der Waals surface area contributed by atoms with Gasteiger partial charge in [0.2, 0.25) is 10.0 Å². The largest absolute Gasteiger partial charge is 0.497 e. The second kappa shape index (κ2) is 11.8. The molecule has 3 rings (SSSR count). The predicted octanol–water partition coefficient (Wildman–Crippen LogP) is 4.19. The van der Waals surface area contributed by atoms with Gasteiger partial charge in [0, 0.05) is 10.5 Å². The maximum atomic E-state index is 12.4. The maximum Gasteiger partial charge on any atom is 0.251 e. The highest BCUT2D eigenvalue weighted by molar-refractivity contribution is 7.98. The lowest BCUT2D eigenvalue weighted by molar-refractivity contribution is 0.0947. The third-order valence-electron chi connectivity index (χ3n) is 5.00. The van der Waals surface area contributed by atoms with Crippen molar-refractivity contribution in [3.05, 3.63) is 83.9 Å². The Bertz CT molecular complexity index is 1200. The van der Waals surface area contributed by atoms with E-state index in [-0.39, 0.29) is 12.5 Å². The van der Waals surface area contributed by atoms with Crippen LogP contribution < -0.4 is 19.1 Å². The van der Waals surface area contributed by atoms with Crippen LogP contribution in [0.4, 0.5) is 5.69 Å². The molecule has 0 saturated carbocycles. The normalized spacial score (nSPS) is 11.0. The zero-order chi connectivity index (χ0) is 24.6. The first-order chi connectivity index (χ1) is 16.3. The summed E-state index contributed by atoms with van der Waals surface area (Å²) in [5, 5.41) is 2.82. The molecule has 34 heavy (non-hydrogen) atoms. The van der Waals surface area contributed by atoms with Gasteiger partial charge in [-0.25, -0.2) is 8.42 Å². The van der Waals surface area contributed by atoms with E-state index in [1.165, 1.54) is 10.6 Å². The summed E-state index contributed by atoms with van der Waals surface area (Å²) < 4.78 is 36.9. The summed E-state index contributed by atoms with van der Waals surface area (Å²) in [4.78, 5) is 13.4. The lowest BCUT2D eigenvalue weighted by atomic mass is 10.1. The van der Waals surface area contributed by atoms with Crippen molar-refractivity contribution >= 4 is 33.4 Å². The average Bonchev–Trinajstić information content (AvgIpc) is 2.85. The van der Waals surface area contributed by atoms with Crippen LogP contribution in [0.2, 0.25) is 0 Å². The second-order valence-electron chi connectivity index (χ2n) is 7.45. The zero-order valence-corrected chi connectivity index (χ0v) is 21.0. The summed E-state index contributed by atoms with van der Waals surface area (Å²) >= 11 is 1.55. The second-order valence-corrected chi connectivity index (χ2v) is 10.2. The molecule has 0 radical (unpaired) electrons. The fourth-order valence-corrected chi connectivity index (χ4v) is 4.53. The topological polar surface area (TPSA) is 84.9 Å². The number of hydrogen-bond donors (Lipinski definition) is 1. The Morgan fingerprint density at radius 2 is 1.68 bits per heavy atom. The minimum absolute atomic E-state index is 0.175. The predicted molar refractivity (Wildman–Crippen MR) is 137 cm³/mol. The van der Waals surface area contributed by atoms with Crippen LogP contribution in [0.5, 0.6) is 11.5 Å². The Kier molecular flexibility index (Phi) is 8.84. The van der Waals surface area contributed by atoms with E-state index >= 15 is 0 Å². The van der Waals surface area contributed by atoms with Gasteiger partial charge in [-0.05, 0) is 66.4 Å². The number of hydrogen-bond acceptors (Lipinski definition) is 6. The van der Waals surface area contributed by atoms with E-state index in [2.05, 4.69) is 5.32 Å². The standard InChI is InChI=1S/C25H28N2O5S2/c1-31-22-11-13-23(14-12-22)32-16-15-26-25(28)20-9-7-19(8-10-20)18-27(34(3,29)30)21-5-4-6-24(17-21)33-2/h4-14,17H,15-16,18H2,1-3H3,(H,26,28). The third kappa shape index (κ3) is 7.16. The summed E-state index contributed by atoms with van der Waals surface area (Å²) in [7, 11) is -1.88. The molecular formula is C25H28N2O5S2. The highest BCUT2D eigenvalue weighted by Gasteiger charge is 2.18. The molecule has 3 aromatic carbocycles. The van der Waals surface area contributed by atoms with Gasteiger partial charge in [0.25, 0.3) is 5.91 Å². The molecule has 0 spiro atoms. The number of methoxy groups -OCH3 is 1. The molecule has 0 atom stereocenters. The molecule has 0 heterocycles. The Hall–Kier alpha value is -3.17. The summed E-state index contributed by atoms with van der Waals surface area (Å²) in [6, 6.07) is 21.5. The molecule has 1 amide bonds. The minimum Gasteiger partial charge on any atom is -0.497 e. The molecule has 0 unspecified atom stereocenters. The van der Waals surface area contributed by atoms with E-state index in [9.17, 15) is 13.2 Å². The first kappa shape index (κ1) is 25.5. The molecule has 0 aliphatic rings. The lowest BCUT2D eigenvalue weighted by Gasteiger charge is -2.23. The monoisotopic (exact) mass is 500 g/mol. The van der Waals surface area contributed by atoms with E-state index in [1.807, 2.05) is 24.5 Å². The first-order valence-corrected chi connectivity index (χ1v) is 13.6. The number of rotatable bonds is 11. The number of amides is 1. The smallest absolute Gasteiger partial charge is 0.251 e. The van der Waals surface area contributed by atoms with Crippen molar-refractivity contribution in [1.29, 1.82) is 0 Å². The van der Waals surface area contributed by atoms with Crippen molar-refractivity contribution in [3.8, 4) is 11.5 Å². The molecule has 3 aromatic rings. The van der Waals surface area contributed by atoms with Gasteiger partial charge in [-0.1, -0.05) is 18.2 Å². The SMILES string of the molecule is COc1ccc(OCCNC(=O)c2ccc(CN(c3cccc(SC)c3)S(C)(=O)=O)cc2)cc1. The summed E-state index contributed by atoms with van der Waals surface area (Å²) in [6.45, 7) is 0.850. The summed E-state index contributed by atoms with van der Waals surface area (Å²) in [5.74, 6) is 1.22. The van der Waals surface area contributed by atoms with Crippen molar-refractivity contribution in [1.82, 2.24) is 5.32 Å². The molecule has 0 aliphatic heterocycles. The van der Waals surface area contributed by atoms with Crippen LogP contribution in [0.15, 0.2) is 77.7 Å². The Morgan fingerprint density at radius 3 is 2.29 bits per heavy atom. The maximum absolute atomic E-state index is 12.4. The van der Waals surface area contributed by atoms with Crippen molar-refractivity contribution in [2.24, 2.45) is 0 Å². The highest BCUT2D eigenvalue weighted by Crippen LogP contribution is 2.25. The van der Waals surface area contributed by atoms with Crippen molar-refractivity contribution < 1.29 is 22.7 Å². The van der Waals surface area contributed by atoms with Crippen LogP contribution in [-0.2, 0) is 16.6 Å². The molecule has 180 valence electrons. The summed E-state index contributed by atoms with van der Waals surface area (Å²) in [6.07, 6.45) is 3.13. The molecular weight excluding hydrogens is 472 g/mol. The molecule has 1 N–H and O–H groups in total. The zero-order valence-electron chi connectivity index (χ0n) is 19.4. The van der Waals surface area contributed by atoms with E-state index < -0.39 is 10.0 Å². The van der Waals surface area contributed by atoms with Gasteiger partial charge >= 0.3 is 0 Å². The van der Waals surface area contributed by atoms with E-state index in [0.717, 1.165) is 16.2 Å². The van der Waals surface area contributed by atoms with Crippen molar-refractivity contribution in [2.75, 3.05) is 37.1 Å². The number of anilines is 1. The molecule has 0 aromatic heterocycles. The van der Waals surface area contributed by atoms with Crippen molar-refractivity contribution in [2.45, 2.75) is 11.4 Å². The number of nitrogens with one attached hydrogen (secondary N) is 1. The first-order valence-electron chi connectivity index (χ1n) is 10.6. The molecule has 0 bridgehead atoms. The lowest BCUT2D eigenvalue weighted by Crippen LogP contribution is -2.29. The Morgan fingerprint density at radius 1 is 1.00 bits per heavy atom. The fraction of sp³-hybridized carbons (Fsp3) is 0.240. The summed E-state index contributed by atoms with van der Waals surface area (Å²) in [5.41, 5.74) is 1.87. The van der Waals surface area contributed by atoms with Crippen LogP contribution in [0.1, 0.15) is 15.9 Å². The van der Waals surface area contributed by atoms with Crippen LogP contribution in [-0.4, -0.2) is 47.1 Å². The minimum atomic E-state index is -3.49. The van der Waals surface area contributed by atoms with Crippen molar-refractivity contribution in [3.63, 3.8) is 0 Å². The molecule has 7 nitrogen and oxygen atoms in total. The average molecular weight is 501 g/mol. The number of nitrogens with zero attached hydrogens (tertiary/aromatic N) is 1. The number of carbonyl (C=O) groups is 1. The number of thioether (sulfide) groups is 1. The number of carbonyl (C=O) groups excluding carboxylic acids is 1. The van der Waals surface area contributed by atoms with Gasteiger partial charge in [0.05, 0.1) is 32.1 Å². The van der Waals surface area contributed by atoms with Gasteiger partial charge in [-0.15, -0.1) is 11.8 Å². The molecule has 0 fully saturated rings. The number of ether oxygens (including phenoxy) is 2. The van der Waals surface area contributed by atoms with E-state index in [1.54, 1.807) is 73.5 Å². The van der Waals surface area contributed by atoms with Gasteiger partial charge in [0.15, 0.2) is 0 Å². The quantitative estimate of drug-likeness (QED) is 0.314. The van der Waals surface area contributed by atoms with Crippen LogP contribution in [0.25, 0.3) is 0 Å². The van der Waals surface area contributed by atoms with Gasteiger partial charge < -0.3 is 14.8 Å². The van der Waals surface area contributed by atoms with Gasteiger partial charge in [-0.2, -0.15) is 0 Å². The fourth-order valence-electron chi connectivity index (χ4n) is 3.20. The van der Waals surface area contributed by atoms with Crippen LogP contribution >= 0.6 is 11.8 Å². The third-order valence-corrected chi connectivity index (χ3v) is 6.87. The molecule has 0 aliphatic carbocycles. The van der Waals surface area contributed by atoms with Gasteiger partial charge in [-0.3, -0.25) is 9.10 Å². The van der Waals surface area contributed by atoms with Crippen LogP contribution in [0, 0.1) is 0 Å². The van der Waals surface area contributed by atoms with Gasteiger partial charge in [0.1, 0.15) is 18.1 Å². The Balaban J connectivity index is 1.56. The Labute approximate surface area is 205 Å². The van der Waals surface area contributed by atoms with Crippen LogP contribution in [0.3, 0.4) is 0 Å².